The van der Waals surface area contributed by atoms with E-state index in [0.29, 0.717) is 6.61 Å². The minimum absolute atomic E-state index is 0.145. The van der Waals surface area contributed by atoms with Crippen molar-refractivity contribution in [2.45, 2.75) is 13.8 Å². The Kier molecular flexibility index (Phi) is 2.20. The number of aromatic nitrogens is 2. The van der Waals surface area contributed by atoms with Crippen molar-refractivity contribution in [3.05, 3.63) is 5.69 Å². The maximum Gasteiger partial charge on any atom is 0.287 e. The molecule has 0 aliphatic carbocycles. The van der Waals surface area contributed by atoms with Crippen molar-refractivity contribution in [1.82, 2.24) is 10.3 Å². The van der Waals surface area contributed by atoms with Gasteiger partial charge in [0.1, 0.15) is 0 Å². The maximum atomic E-state index is 10.8. The smallest absolute Gasteiger partial charge is 0.287 e. The molecule has 0 unspecified atom stereocenters. The molecule has 0 saturated carbocycles. The molecule has 0 radical (unpaired) electrons. The molecule has 5 heteroatoms. The number of hydrogen-bond donors (Lipinski definition) is 0. The molecule has 0 aromatic carbocycles. The van der Waals surface area contributed by atoms with Crippen LogP contribution in [0.1, 0.15) is 24.3 Å². The summed E-state index contributed by atoms with van der Waals surface area (Å²) in [5, 5.41) is 6.77. The average Bonchev–Trinajstić information content (AvgIpc) is 2.36. The highest BCUT2D eigenvalue weighted by Gasteiger charge is 2.14. The molecule has 1 heterocycles. The Morgan fingerprint density at radius 2 is 2.36 bits per heavy atom. The van der Waals surface area contributed by atoms with Gasteiger partial charge in [0.05, 0.1) is 6.61 Å². The van der Waals surface area contributed by atoms with Crippen LogP contribution in [0.2, 0.25) is 0 Å². The lowest BCUT2D eigenvalue weighted by Gasteiger charge is -1.94. The molecule has 0 N–H and O–H groups in total. The molecule has 0 amide bonds. The monoisotopic (exact) mass is 156 g/mol. The normalized spacial score (nSPS) is 9.64. The molecular weight excluding hydrogens is 148 g/mol. The maximum absolute atomic E-state index is 10.8. The van der Waals surface area contributed by atoms with Gasteiger partial charge in [-0.2, -0.15) is 0 Å². The molecule has 0 atom stereocenters. The Morgan fingerprint density at radius 3 is 2.91 bits per heavy atom. The minimum Gasteiger partial charge on any atom is -0.474 e. The van der Waals surface area contributed by atoms with E-state index in [1.165, 1.54) is 6.92 Å². The number of hydrogen-bond acceptors (Lipinski definition) is 5. The number of carbonyl (C=O) groups excluding carboxylic acids is 1. The number of Topliss-reactive ketones (excluding diaryl/α,β-unsaturated/α-hetero) is 1. The quantitative estimate of drug-likeness (QED) is 0.602. The van der Waals surface area contributed by atoms with Crippen molar-refractivity contribution in [3.63, 3.8) is 0 Å². The Morgan fingerprint density at radius 1 is 1.64 bits per heavy atom. The zero-order valence-electron chi connectivity index (χ0n) is 6.33. The molecule has 1 aromatic heterocycles. The Balaban J connectivity index is 2.87. The van der Waals surface area contributed by atoms with Gasteiger partial charge in [-0.25, -0.2) is 4.63 Å². The van der Waals surface area contributed by atoms with Gasteiger partial charge in [0.15, 0.2) is 5.78 Å². The fourth-order valence-corrected chi connectivity index (χ4v) is 0.627. The number of ether oxygens (including phenoxy) is 1. The van der Waals surface area contributed by atoms with Gasteiger partial charge in [-0.15, -0.1) is 0 Å². The molecule has 0 bridgehead atoms. The summed E-state index contributed by atoms with van der Waals surface area (Å²) >= 11 is 0. The van der Waals surface area contributed by atoms with Crippen LogP contribution in [0.15, 0.2) is 4.63 Å². The number of nitrogens with zero attached hydrogens (tertiary/aromatic N) is 2. The van der Waals surface area contributed by atoms with E-state index < -0.39 is 0 Å². The van der Waals surface area contributed by atoms with E-state index >= 15 is 0 Å². The molecule has 0 spiro atoms. The summed E-state index contributed by atoms with van der Waals surface area (Å²) in [4.78, 5) is 10.8. The highest BCUT2D eigenvalue weighted by molar-refractivity contribution is 5.93. The van der Waals surface area contributed by atoms with Crippen LogP contribution in [0, 0.1) is 0 Å². The van der Waals surface area contributed by atoms with Crippen molar-refractivity contribution < 1.29 is 14.2 Å². The van der Waals surface area contributed by atoms with Gasteiger partial charge in [0.25, 0.3) is 5.88 Å². The molecule has 0 aliphatic heterocycles. The number of ketones is 1. The van der Waals surface area contributed by atoms with Crippen LogP contribution in [-0.4, -0.2) is 22.7 Å². The second-order valence-corrected chi connectivity index (χ2v) is 1.91. The predicted molar refractivity (Wildman–Crippen MR) is 35.5 cm³/mol. The van der Waals surface area contributed by atoms with Crippen molar-refractivity contribution in [2.75, 3.05) is 6.61 Å². The van der Waals surface area contributed by atoms with E-state index in [1.807, 2.05) is 0 Å². The SMILES string of the molecule is CCOc1nonc1C(C)=O. The summed E-state index contributed by atoms with van der Waals surface area (Å²) < 4.78 is 9.26. The summed E-state index contributed by atoms with van der Waals surface area (Å²) in [6, 6.07) is 0. The highest BCUT2D eigenvalue weighted by atomic mass is 16.6. The van der Waals surface area contributed by atoms with Crippen molar-refractivity contribution >= 4 is 5.78 Å². The van der Waals surface area contributed by atoms with Crippen LogP contribution < -0.4 is 4.74 Å². The van der Waals surface area contributed by atoms with Gasteiger partial charge < -0.3 is 4.74 Å². The fraction of sp³-hybridized carbons (Fsp3) is 0.500. The topological polar surface area (TPSA) is 65.2 Å². The van der Waals surface area contributed by atoms with Gasteiger partial charge in [-0.05, 0) is 17.2 Å². The summed E-state index contributed by atoms with van der Waals surface area (Å²) in [5.74, 6) is -0.0466. The first-order chi connectivity index (χ1) is 5.25. The minimum atomic E-state index is -0.213. The number of carbonyl (C=O) groups is 1. The lowest BCUT2D eigenvalue weighted by molar-refractivity contribution is 0.100. The molecule has 1 aromatic rings. The average molecular weight is 156 g/mol. The summed E-state index contributed by atoms with van der Waals surface area (Å²) in [7, 11) is 0. The van der Waals surface area contributed by atoms with Gasteiger partial charge in [-0.3, -0.25) is 4.79 Å². The summed E-state index contributed by atoms with van der Waals surface area (Å²) in [6.07, 6.45) is 0. The Labute approximate surface area is 63.3 Å². The molecule has 5 nitrogen and oxygen atoms in total. The molecular formula is C6H8N2O3. The van der Waals surface area contributed by atoms with Crippen LogP contribution in [0.5, 0.6) is 5.88 Å². The van der Waals surface area contributed by atoms with Gasteiger partial charge in [0.2, 0.25) is 5.69 Å². The van der Waals surface area contributed by atoms with Crippen molar-refractivity contribution in [1.29, 1.82) is 0 Å². The van der Waals surface area contributed by atoms with E-state index in [1.54, 1.807) is 6.92 Å². The first-order valence-corrected chi connectivity index (χ1v) is 3.22. The van der Waals surface area contributed by atoms with Gasteiger partial charge in [0, 0.05) is 6.92 Å². The van der Waals surface area contributed by atoms with E-state index in [-0.39, 0.29) is 17.4 Å². The van der Waals surface area contributed by atoms with Crippen LogP contribution in [-0.2, 0) is 0 Å². The predicted octanol–water partition coefficient (Wildman–Crippen LogP) is 0.671. The molecule has 1 rings (SSSR count). The number of rotatable bonds is 3. The first-order valence-electron chi connectivity index (χ1n) is 3.22. The lowest BCUT2D eigenvalue weighted by Crippen LogP contribution is -1.99. The van der Waals surface area contributed by atoms with Crippen molar-refractivity contribution in [2.24, 2.45) is 0 Å². The largest absolute Gasteiger partial charge is 0.474 e. The molecule has 60 valence electrons. The third kappa shape index (κ3) is 1.54. The summed E-state index contributed by atoms with van der Waals surface area (Å²) in [5.41, 5.74) is 0.145. The highest BCUT2D eigenvalue weighted by Crippen LogP contribution is 2.11. The molecule has 0 saturated heterocycles. The van der Waals surface area contributed by atoms with Crippen LogP contribution in [0.3, 0.4) is 0 Å². The van der Waals surface area contributed by atoms with E-state index in [0.717, 1.165) is 0 Å². The molecule has 0 aliphatic rings. The van der Waals surface area contributed by atoms with Crippen LogP contribution in [0.4, 0.5) is 0 Å². The van der Waals surface area contributed by atoms with E-state index in [9.17, 15) is 4.79 Å². The van der Waals surface area contributed by atoms with E-state index in [4.69, 9.17) is 4.74 Å². The van der Waals surface area contributed by atoms with E-state index in [2.05, 4.69) is 14.9 Å². The summed E-state index contributed by atoms with van der Waals surface area (Å²) in [6.45, 7) is 3.61. The third-order valence-electron chi connectivity index (χ3n) is 1.07. The molecule has 11 heavy (non-hydrogen) atoms. The first kappa shape index (κ1) is 7.71. The fourth-order valence-electron chi connectivity index (χ4n) is 0.627. The Bertz CT molecular complexity index is 256. The van der Waals surface area contributed by atoms with Crippen LogP contribution >= 0.6 is 0 Å². The second-order valence-electron chi connectivity index (χ2n) is 1.91. The lowest BCUT2D eigenvalue weighted by atomic mass is 10.3. The zero-order valence-corrected chi connectivity index (χ0v) is 6.33. The van der Waals surface area contributed by atoms with Crippen molar-refractivity contribution in [3.8, 4) is 5.88 Å². The third-order valence-corrected chi connectivity index (χ3v) is 1.07. The standard InChI is InChI=1S/C6H8N2O3/c1-3-10-6-5(4(2)9)7-11-8-6/h3H2,1-2H3. The second kappa shape index (κ2) is 3.14. The van der Waals surface area contributed by atoms with Crippen LogP contribution in [0.25, 0.3) is 0 Å². The van der Waals surface area contributed by atoms with Gasteiger partial charge >= 0.3 is 0 Å². The zero-order chi connectivity index (χ0) is 8.27. The Hall–Kier alpha value is -1.39. The van der Waals surface area contributed by atoms with Gasteiger partial charge in [-0.1, -0.05) is 0 Å². The molecule has 0 fully saturated rings.